The molecule has 0 aromatic carbocycles. The van der Waals surface area contributed by atoms with Crippen molar-refractivity contribution >= 4 is 19.8 Å². The molecule has 0 saturated carbocycles. The van der Waals surface area contributed by atoms with E-state index in [4.69, 9.17) is 0 Å². The molecule has 0 nitrogen and oxygen atoms in total. The Morgan fingerprint density at radius 3 is 0.500 bits per heavy atom. The maximum atomic E-state index is 0. The first-order valence-corrected chi connectivity index (χ1v) is 0. The molecule has 0 aliphatic heterocycles. The Morgan fingerprint density at radius 2 is 0.500 bits per heavy atom. The van der Waals surface area contributed by atoms with Crippen LogP contribution in [0.15, 0.2) is 0 Å². The molecule has 0 spiro atoms. The van der Waals surface area contributed by atoms with Gasteiger partial charge in [-0.15, -0.1) is 0 Å². The molecule has 0 radical (unpaired) electrons. The molecule has 0 aliphatic rings. The number of hydrogen-bond acceptors (Lipinski definition) is 0. The summed E-state index contributed by atoms with van der Waals surface area (Å²) in [5.74, 6) is 0. The van der Waals surface area contributed by atoms with Gasteiger partial charge in [-0.05, 0) is 0 Å². The molecule has 16 valence electrons. The summed E-state index contributed by atoms with van der Waals surface area (Å²) in [6.07, 6.45) is 0. The van der Waals surface area contributed by atoms with E-state index in [0.717, 1.165) is 0 Å². The molecule has 0 unspecified atom stereocenters. The zero-order valence-electron chi connectivity index (χ0n) is 3.15. The SMILES string of the molecule is [Na+].[Na+].[PH2-].[PH2-]. The van der Waals surface area contributed by atoms with Crippen molar-refractivity contribution in [3.8, 4) is 0 Å². The van der Waals surface area contributed by atoms with Crippen molar-refractivity contribution in [3.63, 3.8) is 0 Å². The van der Waals surface area contributed by atoms with Crippen LogP contribution in [0, 0.1) is 0 Å². The van der Waals surface area contributed by atoms with Crippen molar-refractivity contribution < 1.29 is 59.1 Å². The third-order valence-electron chi connectivity index (χ3n) is 0. The first-order chi connectivity index (χ1) is 0. The van der Waals surface area contributed by atoms with Crippen LogP contribution in [0.4, 0.5) is 0 Å². The van der Waals surface area contributed by atoms with Gasteiger partial charge >= 0.3 is 59.1 Å². The van der Waals surface area contributed by atoms with Gasteiger partial charge in [0.05, 0.1) is 0 Å². The molecular formula is H4Na2P2. The average molecular weight is 112 g/mol. The van der Waals surface area contributed by atoms with Crippen LogP contribution in [0.1, 0.15) is 0 Å². The Kier molecular flexibility index (Phi) is 122. The van der Waals surface area contributed by atoms with Crippen molar-refractivity contribution in [3.05, 3.63) is 0 Å². The van der Waals surface area contributed by atoms with Gasteiger partial charge in [-0.3, -0.25) is 0 Å². The number of rotatable bonds is 0. The Labute approximate surface area is 77.7 Å². The molecular weight excluding hydrogens is 108 g/mol. The van der Waals surface area contributed by atoms with E-state index in [2.05, 4.69) is 0 Å². The minimum atomic E-state index is 0. The van der Waals surface area contributed by atoms with Crippen LogP contribution >= 0.6 is 19.8 Å². The second kappa shape index (κ2) is 16.9. The smallest absolute Gasteiger partial charge is 0.577 e. The van der Waals surface area contributed by atoms with E-state index < -0.39 is 0 Å². The van der Waals surface area contributed by atoms with Gasteiger partial charge in [0.15, 0.2) is 0 Å². The molecule has 0 heterocycles. The Balaban J connectivity index is 0. The van der Waals surface area contributed by atoms with Crippen molar-refractivity contribution in [1.29, 1.82) is 0 Å². The van der Waals surface area contributed by atoms with E-state index in [9.17, 15) is 0 Å². The third-order valence-corrected chi connectivity index (χ3v) is 0. The zero-order chi connectivity index (χ0) is 0. The van der Waals surface area contributed by atoms with E-state index in [1.165, 1.54) is 0 Å². The average Bonchev–Trinajstić information content (AvgIpc) is 0. The summed E-state index contributed by atoms with van der Waals surface area (Å²) in [6.45, 7) is 0. The second-order valence-electron chi connectivity index (χ2n) is 0. The second-order valence-corrected chi connectivity index (χ2v) is 0. The molecule has 4 heavy (non-hydrogen) atoms. The summed E-state index contributed by atoms with van der Waals surface area (Å²) in [5, 5.41) is 0. The Morgan fingerprint density at radius 1 is 0.500 bits per heavy atom. The fourth-order valence-corrected chi connectivity index (χ4v) is 0. The first-order valence-electron chi connectivity index (χ1n) is 0. The molecule has 0 rings (SSSR count). The van der Waals surface area contributed by atoms with E-state index in [0.29, 0.717) is 0 Å². The van der Waals surface area contributed by atoms with Crippen LogP contribution < -0.4 is 59.1 Å². The van der Waals surface area contributed by atoms with E-state index in [1.54, 1.807) is 0 Å². The van der Waals surface area contributed by atoms with Gasteiger partial charge in [-0.1, -0.05) is 0 Å². The summed E-state index contributed by atoms with van der Waals surface area (Å²) in [5.41, 5.74) is 0. The largest absolute Gasteiger partial charge is 1.00 e. The number of hydrogen-bond donors (Lipinski definition) is 0. The predicted molar refractivity (Wildman–Crippen MR) is 19.4 cm³/mol. The van der Waals surface area contributed by atoms with Gasteiger partial charge in [0, 0.05) is 0 Å². The molecule has 0 N–H and O–H groups in total. The summed E-state index contributed by atoms with van der Waals surface area (Å²) < 4.78 is 0. The predicted octanol–water partition coefficient (Wildman–Crippen LogP) is -5.34. The molecule has 0 amide bonds. The monoisotopic (exact) mass is 112 g/mol. The van der Waals surface area contributed by atoms with Gasteiger partial charge < -0.3 is 19.8 Å². The minimum Gasteiger partial charge on any atom is -0.577 e. The molecule has 0 saturated heterocycles. The molecule has 0 bridgehead atoms. The topological polar surface area (TPSA) is 0 Å². The Hall–Kier alpha value is 2.86. The Bertz CT molecular complexity index is 4.00. The van der Waals surface area contributed by atoms with Crippen molar-refractivity contribution in [2.24, 2.45) is 0 Å². The van der Waals surface area contributed by atoms with Crippen molar-refractivity contribution in [1.82, 2.24) is 0 Å². The first kappa shape index (κ1) is 28.8. The van der Waals surface area contributed by atoms with Crippen LogP contribution in [0.25, 0.3) is 0 Å². The van der Waals surface area contributed by atoms with Crippen LogP contribution in [0.2, 0.25) is 0 Å². The minimum absolute atomic E-state index is 0. The van der Waals surface area contributed by atoms with Gasteiger partial charge in [-0.2, -0.15) is 0 Å². The van der Waals surface area contributed by atoms with Crippen LogP contribution in [-0.2, 0) is 0 Å². The maximum Gasteiger partial charge on any atom is 1.00 e. The van der Waals surface area contributed by atoms with Gasteiger partial charge in [0.1, 0.15) is 0 Å². The molecule has 0 aliphatic carbocycles. The summed E-state index contributed by atoms with van der Waals surface area (Å²) in [6, 6.07) is 0. The molecule has 0 aromatic rings. The van der Waals surface area contributed by atoms with E-state index in [1.807, 2.05) is 0 Å². The van der Waals surface area contributed by atoms with E-state index in [-0.39, 0.29) is 78.9 Å². The zero-order valence-corrected chi connectivity index (χ0v) is 9.46. The van der Waals surface area contributed by atoms with Crippen molar-refractivity contribution in [2.75, 3.05) is 0 Å². The van der Waals surface area contributed by atoms with Crippen molar-refractivity contribution in [2.45, 2.75) is 0 Å². The molecule has 0 atom stereocenters. The quantitative estimate of drug-likeness (QED) is 0.217. The molecule has 0 aromatic heterocycles. The summed E-state index contributed by atoms with van der Waals surface area (Å²) in [7, 11) is 0. The normalized spacial score (nSPS) is 0. The maximum absolute atomic E-state index is 0. The van der Waals surface area contributed by atoms with Crippen LogP contribution in [0.5, 0.6) is 0 Å². The van der Waals surface area contributed by atoms with Gasteiger partial charge in [-0.25, -0.2) is 0 Å². The fourth-order valence-electron chi connectivity index (χ4n) is 0. The van der Waals surface area contributed by atoms with Gasteiger partial charge in [0.25, 0.3) is 0 Å². The molecule has 0 fully saturated rings. The summed E-state index contributed by atoms with van der Waals surface area (Å²) in [4.78, 5) is 0. The van der Waals surface area contributed by atoms with Crippen LogP contribution in [0.3, 0.4) is 0 Å². The van der Waals surface area contributed by atoms with E-state index >= 15 is 0 Å². The standard InChI is InChI=1S/2Na.2H2P/h;;2*1H2/q2*+1;2*-1. The molecule has 4 heteroatoms. The van der Waals surface area contributed by atoms with Crippen LogP contribution in [-0.4, -0.2) is 0 Å². The fraction of sp³-hybridized carbons (Fsp3) is 0. The third kappa shape index (κ3) is 8.85. The summed E-state index contributed by atoms with van der Waals surface area (Å²) >= 11 is 0. The van der Waals surface area contributed by atoms with Gasteiger partial charge in [0.2, 0.25) is 0 Å².